The molecule has 0 aliphatic carbocycles. The number of thioether (sulfide) groups is 1. The number of ether oxygens (including phenoxy) is 1. The summed E-state index contributed by atoms with van der Waals surface area (Å²) in [7, 11) is 0. The largest absolute Gasteiger partial charge is 0.487 e. The fourth-order valence-corrected chi connectivity index (χ4v) is 6.67. The van der Waals surface area contributed by atoms with E-state index in [1.165, 1.54) is 12.1 Å². The molecule has 0 saturated carbocycles. The molecule has 2 aromatic rings. The van der Waals surface area contributed by atoms with Gasteiger partial charge in [0.1, 0.15) is 24.7 Å². The second-order valence-corrected chi connectivity index (χ2v) is 11.3. The van der Waals surface area contributed by atoms with Crippen molar-refractivity contribution >= 4 is 80.1 Å². The van der Waals surface area contributed by atoms with Crippen LogP contribution in [0.1, 0.15) is 30.4 Å². The Balaban J connectivity index is 1.44. The molecular formula is C24H21FI2N2O4S. The third-order valence-corrected chi connectivity index (χ3v) is 8.00. The van der Waals surface area contributed by atoms with E-state index in [1.54, 1.807) is 23.1 Å². The fraction of sp³-hybridized carbons (Fsp3) is 0.292. The van der Waals surface area contributed by atoms with Gasteiger partial charge in [0.15, 0.2) is 0 Å². The molecule has 2 aromatic carbocycles. The zero-order valence-corrected chi connectivity index (χ0v) is 23.2. The monoisotopic (exact) mass is 706 g/mol. The number of imide groups is 1. The highest BCUT2D eigenvalue weighted by Crippen LogP contribution is 2.35. The maximum absolute atomic E-state index is 13.1. The van der Waals surface area contributed by atoms with E-state index in [4.69, 9.17) is 4.74 Å². The summed E-state index contributed by atoms with van der Waals surface area (Å²) in [5.74, 6) is -0.225. The first-order valence-corrected chi connectivity index (χ1v) is 13.7. The van der Waals surface area contributed by atoms with Gasteiger partial charge in [-0.15, -0.1) is 0 Å². The molecule has 0 unspecified atom stereocenters. The SMILES string of the molecule is O=C(CN1C(=O)S/C(=C\c2cc(I)c(OCc3ccc(F)cc3)c(I)c2)C1=O)N1CCCCC1. The lowest BCUT2D eigenvalue weighted by Crippen LogP contribution is -2.44. The molecule has 4 rings (SSSR count). The second kappa shape index (κ2) is 11.4. The van der Waals surface area contributed by atoms with Crippen molar-refractivity contribution in [2.45, 2.75) is 25.9 Å². The third kappa shape index (κ3) is 6.11. The highest BCUT2D eigenvalue weighted by atomic mass is 127. The van der Waals surface area contributed by atoms with Crippen LogP contribution in [0.15, 0.2) is 41.3 Å². The molecule has 0 N–H and O–H groups in total. The van der Waals surface area contributed by atoms with Gasteiger partial charge in [-0.2, -0.15) is 0 Å². The van der Waals surface area contributed by atoms with Gasteiger partial charge in [-0.3, -0.25) is 19.3 Å². The van der Waals surface area contributed by atoms with Gasteiger partial charge in [0.05, 0.1) is 12.0 Å². The zero-order chi connectivity index (χ0) is 24.2. The van der Waals surface area contributed by atoms with Crippen molar-refractivity contribution in [3.63, 3.8) is 0 Å². The molecule has 0 aromatic heterocycles. The normalized spacial score (nSPS) is 17.6. The molecule has 178 valence electrons. The summed E-state index contributed by atoms with van der Waals surface area (Å²) in [6.45, 7) is 1.44. The van der Waals surface area contributed by atoms with Crippen molar-refractivity contribution in [1.29, 1.82) is 0 Å². The number of likely N-dealkylation sites (tertiary alicyclic amines) is 1. The lowest BCUT2D eigenvalue weighted by atomic mass is 10.1. The maximum atomic E-state index is 13.1. The van der Waals surface area contributed by atoms with Gasteiger partial charge in [-0.25, -0.2) is 4.39 Å². The molecular weight excluding hydrogens is 685 g/mol. The molecule has 2 aliphatic heterocycles. The first-order valence-electron chi connectivity index (χ1n) is 10.7. The van der Waals surface area contributed by atoms with Crippen LogP contribution >= 0.6 is 56.9 Å². The maximum Gasteiger partial charge on any atom is 0.294 e. The number of rotatable bonds is 6. The molecule has 3 amide bonds. The van der Waals surface area contributed by atoms with Crippen LogP contribution in [0.25, 0.3) is 6.08 Å². The first kappa shape index (κ1) is 25.4. The first-order chi connectivity index (χ1) is 16.3. The number of carbonyl (C=O) groups is 3. The highest BCUT2D eigenvalue weighted by Gasteiger charge is 2.37. The van der Waals surface area contributed by atoms with E-state index < -0.39 is 11.1 Å². The number of amides is 3. The lowest BCUT2D eigenvalue weighted by Gasteiger charge is -2.27. The van der Waals surface area contributed by atoms with Crippen LogP contribution in [0, 0.1) is 13.0 Å². The molecule has 34 heavy (non-hydrogen) atoms. The van der Waals surface area contributed by atoms with Crippen molar-refractivity contribution in [1.82, 2.24) is 9.80 Å². The minimum absolute atomic E-state index is 0.185. The Bertz CT molecular complexity index is 1130. The van der Waals surface area contributed by atoms with Gasteiger partial charge < -0.3 is 9.64 Å². The van der Waals surface area contributed by atoms with Crippen molar-refractivity contribution in [3.8, 4) is 5.75 Å². The van der Waals surface area contributed by atoms with Gasteiger partial charge in [0.25, 0.3) is 11.1 Å². The molecule has 2 saturated heterocycles. The summed E-state index contributed by atoms with van der Waals surface area (Å²) < 4.78 is 20.7. The van der Waals surface area contributed by atoms with Crippen LogP contribution in [-0.2, 0) is 16.2 Å². The molecule has 0 spiro atoms. The summed E-state index contributed by atoms with van der Waals surface area (Å²) in [5, 5.41) is -0.426. The van der Waals surface area contributed by atoms with Crippen LogP contribution in [0.2, 0.25) is 0 Å². The van der Waals surface area contributed by atoms with E-state index in [9.17, 15) is 18.8 Å². The van der Waals surface area contributed by atoms with Crippen molar-refractivity contribution in [3.05, 3.63) is 65.4 Å². The standard InChI is InChI=1S/C24H21FI2N2O4S/c25-17-6-4-15(5-7-17)14-33-22-18(26)10-16(11-19(22)27)12-20-23(31)29(24(32)34-20)13-21(30)28-8-2-1-3-9-28/h4-7,10-12H,1-3,8-9,13-14H2/b20-12-. The number of nitrogens with zero attached hydrogens (tertiary/aromatic N) is 2. The highest BCUT2D eigenvalue weighted by molar-refractivity contribution is 14.1. The van der Waals surface area contributed by atoms with Crippen LogP contribution in [0.3, 0.4) is 0 Å². The molecule has 2 aliphatic rings. The summed E-state index contributed by atoms with van der Waals surface area (Å²) in [4.78, 5) is 40.9. The van der Waals surface area contributed by atoms with Crippen LogP contribution in [0.5, 0.6) is 5.75 Å². The molecule has 6 nitrogen and oxygen atoms in total. The number of piperidine rings is 1. The van der Waals surface area contributed by atoms with Crippen LogP contribution in [0.4, 0.5) is 9.18 Å². The van der Waals surface area contributed by atoms with E-state index >= 15 is 0 Å². The van der Waals surface area contributed by atoms with Gasteiger partial charge >= 0.3 is 0 Å². The summed E-state index contributed by atoms with van der Waals surface area (Å²) >= 11 is 5.17. The molecule has 0 radical (unpaired) electrons. The molecule has 0 bridgehead atoms. The van der Waals surface area contributed by atoms with E-state index in [2.05, 4.69) is 45.2 Å². The molecule has 10 heteroatoms. The molecule has 2 heterocycles. The zero-order valence-electron chi connectivity index (χ0n) is 18.1. The Labute approximate surface area is 228 Å². The summed E-state index contributed by atoms with van der Waals surface area (Å²) in [5.41, 5.74) is 1.61. The van der Waals surface area contributed by atoms with Gasteiger partial charge in [-0.1, -0.05) is 12.1 Å². The topological polar surface area (TPSA) is 66.9 Å². The number of carbonyl (C=O) groups excluding carboxylic acids is 3. The number of hydrogen-bond donors (Lipinski definition) is 0. The van der Waals surface area contributed by atoms with E-state index in [0.717, 1.165) is 54.2 Å². The average Bonchev–Trinajstić information content (AvgIpc) is 3.07. The van der Waals surface area contributed by atoms with E-state index in [-0.39, 0.29) is 18.3 Å². The quantitative estimate of drug-likeness (QED) is 0.287. The predicted molar refractivity (Wildman–Crippen MR) is 146 cm³/mol. The van der Waals surface area contributed by atoms with Crippen LogP contribution < -0.4 is 4.74 Å². The second-order valence-electron chi connectivity index (χ2n) is 7.94. The Morgan fingerprint density at radius 1 is 1.06 bits per heavy atom. The number of benzene rings is 2. The van der Waals surface area contributed by atoms with Gasteiger partial charge in [0.2, 0.25) is 5.91 Å². The Morgan fingerprint density at radius 2 is 1.71 bits per heavy atom. The van der Waals surface area contributed by atoms with E-state index in [1.807, 2.05) is 12.1 Å². The third-order valence-electron chi connectivity index (χ3n) is 5.49. The van der Waals surface area contributed by atoms with Gasteiger partial charge in [-0.05, 0) is 118 Å². The van der Waals surface area contributed by atoms with Crippen molar-refractivity contribution < 1.29 is 23.5 Å². The lowest BCUT2D eigenvalue weighted by molar-refractivity contribution is -0.136. The summed E-state index contributed by atoms with van der Waals surface area (Å²) in [6.07, 6.45) is 4.68. The predicted octanol–water partition coefficient (Wildman–Crippen LogP) is 5.66. The Morgan fingerprint density at radius 3 is 2.35 bits per heavy atom. The van der Waals surface area contributed by atoms with E-state index in [0.29, 0.717) is 30.4 Å². The summed E-state index contributed by atoms with van der Waals surface area (Å²) in [6, 6.07) is 9.88. The van der Waals surface area contributed by atoms with Crippen molar-refractivity contribution in [2.24, 2.45) is 0 Å². The number of hydrogen-bond acceptors (Lipinski definition) is 5. The Kier molecular flexibility index (Phi) is 8.51. The minimum atomic E-state index is -0.443. The van der Waals surface area contributed by atoms with Gasteiger partial charge in [0, 0.05) is 13.1 Å². The smallest absolute Gasteiger partial charge is 0.294 e. The van der Waals surface area contributed by atoms with Crippen LogP contribution in [-0.4, -0.2) is 46.5 Å². The molecule has 0 atom stereocenters. The number of halogens is 3. The molecule has 2 fully saturated rings. The van der Waals surface area contributed by atoms with Crippen molar-refractivity contribution in [2.75, 3.05) is 19.6 Å². The fourth-order valence-electron chi connectivity index (χ4n) is 3.70. The average molecular weight is 706 g/mol. The minimum Gasteiger partial charge on any atom is -0.487 e. The Hall–Kier alpha value is -1.67.